The number of allylic oxidation sites excluding steroid dienone is 1. The van der Waals surface area contributed by atoms with Crippen LogP contribution in [0.15, 0.2) is 12.2 Å². The summed E-state index contributed by atoms with van der Waals surface area (Å²) in [5.74, 6) is -0.998. The number of rotatable bonds is 6. The third-order valence-corrected chi connectivity index (χ3v) is 2.90. The average molecular weight is 277 g/mol. The molecule has 0 aromatic carbocycles. The van der Waals surface area contributed by atoms with Crippen molar-refractivity contribution in [3.05, 3.63) is 34.7 Å². The SMILES string of the molecule is CC/C=C/C(=O)OCC(=O)c1[nH]c(C)c(C(C)=O)c1C. The number of carbonyl (C=O) groups excluding carboxylic acids is 3. The molecule has 5 nitrogen and oxygen atoms in total. The van der Waals surface area contributed by atoms with Gasteiger partial charge in [-0.2, -0.15) is 0 Å². The van der Waals surface area contributed by atoms with Gasteiger partial charge in [-0.1, -0.05) is 13.0 Å². The van der Waals surface area contributed by atoms with E-state index in [1.54, 1.807) is 19.9 Å². The number of nitrogens with one attached hydrogen (secondary N) is 1. The molecule has 1 heterocycles. The number of esters is 1. The summed E-state index contributed by atoms with van der Waals surface area (Å²) in [4.78, 5) is 37.6. The minimum Gasteiger partial charge on any atom is -0.454 e. The van der Waals surface area contributed by atoms with Gasteiger partial charge in [0, 0.05) is 17.3 Å². The van der Waals surface area contributed by atoms with Crippen molar-refractivity contribution in [3.8, 4) is 0 Å². The summed E-state index contributed by atoms with van der Waals surface area (Å²) < 4.78 is 4.84. The van der Waals surface area contributed by atoms with Gasteiger partial charge in [-0.15, -0.1) is 0 Å². The second-order valence-corrected chi connectivity index (χ2v) is 4.52. The molecule has 0 aliphatic carbocycles. The molecule has 0 atom stereocenters. The van der Waals surface area contributed by atoms with E-state index in [1.165, 1.54) is 13.0 Å². The molecule has 0 aliphatic rings. The van der Waals surface area contributed by atoms with E-state index in [4.69, 9.17) is 4.74 Å². The van der Waals surface area contributed by atoms with E-state index in [9.17, 15) is 14.4 Å². The van der Waals surface area contributed by atoms with Gasteiger partial charge in [0.05, 0.1) is 5.69 Å². The molecule has 0 amide bonds. The highest BCUT2D eigenvalue weighted by Gasteiger charge is 2.20. The third-order valence-electron chi connectivity index (χ3n) is 2.90. The summed E-state index contributed by atoms with van der Waals surface area (Å²) in [7, 11) is 0. The number of aromatic amines is 1. The Morgan fingerprint density at radius 2 is 1.90 bits per heavy atom. The Bertz CT molecular complexity index is 567. The lowest BCUT2D eigenvalue weighted by Gasteiger charge is -2.01. The highest BCUT2D eigenvalue weighted by atomic mass is 16.5. The zero-order valence-corrected chi connectivity index (χ0v) is 12.2. The lowest BCUT2D eigenvalue weighted by molar-refractivity contribution is -0.136. The molecule has 1 rings (SSSR count). The average Bonchev–Trinajstić information content (AvgIpc) is 2.68. The number of aromatic nitrogens is 1. The van der Waals surface area contributed by atoms with Gasteiger partial charge in [-0.25, -0.2) is 4.79 Å². The quantitative estimate of drug-likeness (QED) is 0.492. The van der Waals surface area contributed by atoms with Crippen LogP contribution in [0.25, 0.3) is 0 Å². The van der Waals surface area contributed by atoms with E-state index in [0.29, 0.717) is 22.5 Å². The first kappa shape index (κ1) is 15.9. The van der Waals surface area contributed by atoms with E-state index in [1.807, 2.05) is 6.92 Å². The topological polar surface area (TPSA) is 76.2 Å². The zero-order chi connectivity index (χ0) is 15.3. The number of hydrogen-bond donors (Lipinski definition) is 1. The molecule has 0 saturated heterocycles. The predicted molar refractivity (Wildman–Crippen MR) is 75.0 cm³/mol. The molecule has 108 valence electrons. The lowest BCUT2D eigenvalue weighted by Crippen LogP contribution is -2.14. The molecule has 0 aliphatic heterocycles. The second kappa shape index (κ2) is 6.84. The van der Waals surface area contributed by atoms with Crippen LogP contribution in [0.1, 0.15) is 52.4 Å². The molecule has 5 heteroatoms. The van der Waals surface area contributed by atoms with Gasteiger partial charge in [-0.05, 0) is 32.8 Å². The Morgan fingerprint density at radius 3 is 2.40 bits per heavy atom. The fraction of sp³-hybridized carbons (Fsp3) is 0.400. The summed E-state index contributed by atoms with van der Waals surface area (Å²) >= 11 is 0. The summed E-state index contributed by atoms with van der Waals surface area (Å²) in [5, 5.41) is 0. The van der Waals surface area contributed by atoms with E-state index in [2.05, 4.69) is 4.98 Å². The number of ether oxygens (including phenoxy) is 1. The van der Waals surface area contributed by atoms with Crippen molar-refractivity contribution < 1.29 is 19.1 Å². The molecule has 0 radical (unpaired) electrons. The summed E-state index contributed by atoms with van der Waals surface area (Å²) in [6.07, 6.45) is 3.67. The predicted octanol–water partition coefficient (Wildman–Crippen LogP) is 2.53. The van der Waals surface area contributed by atoms with Gasteiger partial charge in [0.2, 0.25) is 5.78 Å². The van der Waals surface area contributed by atoms with Crippen LogP contribution >= 0.6 is 0 Å². The van der Waals surface area contributed by atoms with Crippen LogP contribution in [-0.4, -0.2) is 29.1 Å². The van der Waals surface area contributed by atoms with Crippen molar-refractivity contribution in [1.29, 1.82) is 0 Å². The van der Waals surface area contributed by atoms with E-state index in [-0.39, 0.29) is 18.2 Å². The van der Waals surface area contributed by atoms with E-state index >= 15 is 0 Å². The van der Waals surface area contributed by atoms with Crippen LogP contribution in [0.4, 0.5) is 0 Å². The first-order valence-corrected chi connectivity index (χ1v) is 6.45. The van der Waals surface area contributed by atoms with E-state index in [0.717, 1.165) is 6.42 Å². The summed E-state index contributed by atoms with van der Waals surface area (Å²) in [6.45, 7) is 6.43. The van der Waals surface area contributed by atoms with Crippen molar-refractivity contribution in [3.63, 3.8) is 0 Å². The molecule has 0 bridgehead atoms. The van der Waals surface area contributed by atoms with Crippen molar-refractivity contribution in [1.82, 2.24) is 4.98 Å². The lowest BCUT2D eigenvalue weighted by atomic mass is 10.1. The monoisotopic (exact) mass is 277 g/mol. The molecule has 0 fully saturated rings. The van der Waals surface area contributed by atoms with Crippen LogP contribution in [0.2, 0.25) is 0 Å². The molecule has 0 saturated carbocycles. The molecule has 0 spiro atoms. The number of aryl methyl sites for hydroxylation is 1. The highest BCUT2D eigenvalue weighted by Crippen LogP contribution is 2.18. The molecule has 1 N–H and O–H groups in total. The summed E-state index contributed by atoms with van der Waals surface area (Å²) in [6, 6.07) is 0. The maximum absolute atomic E-state index is 12.0. The highest BCUT2D eigenvalue weighted by molar-refractivity contribution is 6.04. The minimum absolute atomic E-state index is 0.0989. The van der Waals surface area contributed by atoms with Gasteiger partial charge >= 0.3 is 5.97 Å². The Hall–Kier alpha value is -2.17. The molecule has 20 heavy (non-hydrogen) atoms. The summed E-state index contributed by atoms with van der Waals surface area (Å²) in [5.41, 5.74) is 2.08. The largest absolute Gasteiger partial charge is 0.454 e. The van der Waals surface area contributed by atoms with Crippen LogP contribution in [0.5, 0.6) is 0 Å². The standard InChI is InChI=1S/C15H19NO4/c1-5-6-7-13(19)20-8-12(18)15-9(2)14(11(4)17)10(3)16-15/h6-7,16H,5,8H2,1-4H3/b7-6+. The van der Waals surface area contributed by atoms with Gasteiger partial charge < -0.3 is 9.72 Å². The van der Waals surface area contributed by atoms with Crippen LogP contribution in [-0.2, 0) is 9.53 Å². The Labute approximate surface area is 118 Å². The van der Waals surface area contributed by atoms with Crippen LogP contribution in [0, 0.1) is 13.8 Å². The van der Waals surface area contributed by atoms with Gasteiger partial charge in [0.25, 0.3) is 0 Å². The molecule has 0 unspecified atom stereocenters. The van der Waals surface area contributed by atoms with Crippen LogP contribution in [0.3, 0.4) is 0 Å². The van der Waals surface area contributed by atoms with Crippen molar-refractivity contribution >= 4 is 17.5 Å². The Balaban J connectivity index is 2.79. The molecule has 1 aromatic heterocycles. The van der Waals surface area contributed by atoms with Crippen molar-refractivity contribution in [2.45, 2.75) is 34.1 Å². The Morgan fingerprint density at radius 1 is 1.25 bits per heavy atom. The van der Waals surface area contributed by atoms with Crippen LogP contribution < -0.4 is 0 Å². The number of ketones is 2. The molecule has 1 aromatic rings. The van der Waals surface area contributed by atoms with Crippen molar-refractivity contribution in [2.24, 2.45) is 0 Å². The smallest absolute Gasteiger partial charge is 0.330 e. The second-order valence-electron chi connectivity index (χ2n) is 4.52. The number of hydrogen-bond acceptors (Lipinski definition) is 4. The van der Waals surface area contributed by atoms with Gasteiger partial charge in [-0.3, -0.25) is 9.59 Å². The van der Waals surface area contributed by atoms with Gasteiger partial charge in [0.1, 0.15) is 0 Å². The number of H-pyrrole nitrogens is 1. The maximum atomic E-state index is 12.0. The first-order valence-electron chi connectivity index (χ1n) is 6.45. The molecular formula is C15H19NO4. The van der Waals surface area contributed by atoms with Crippen molar-refractivity contribution in [2.75, 3.05) is 6.61 Å². The van der Waals surface area contributed by atoms with E-state index < -0.39 is 5.97 Å². The maximum Gasteiger partial charge on any atom is 0.330 e. The Kier molecular flexibility index (Phi) is 5.43. The molecular weight excluding hydrogens is 258 g/mol. The third kappa shape index (κ3) is 3.66. The normalized spacial score (nSPS) is 10.8. The van der Waals surface area contributed by atoms with Gasteiger partial charge in [0.15, 0.2) is 12.4 Å². The fourth-order valence-electron chi connectivity index (χ4n) is 2.03. The first-order chi connectivity index (χ1) is 9.38. The minimum atomic E-state index is -0.548. The number of Topliss-reactive ketones (excluding diaryl/α,β-unsaturated/α-hetero) is 2. The fourth-order valence-corrected chi connectivity index (χ4v) is 2.03. The number of carbonyl (C=O) groups is 3. The zero-order valence-electron chi connectivity index (χ0n) is 12.2.